The molecule has 0 radical (unpaired) electrons. The lowest BCUT2D eigenvalue weighted by atomic mass is 10.1. The Morgan fingerprint density at radius 3 is 2.84 bits per heavy atom. The molecule has 0 unspecified atom stereocenters. The summed E-state index contributed by atoms with van der Waals surface area (Å²) in [4.78, 5) is 14.2. The first-order chi connectivity index (χ1) is 9.16. The molecule has 0 aromatic heterocycles. The van der Waals surface area contributed by atoms with Crippen LogP contribution in [-0.2, 0) is 6.42 Å². The molecule has 1 aliphatic rings. The predicted molar refractivity (Wildman–Crippen MR) is 74.3 cm³/mol. The van der Waals surface area contributed by atoms with E-state index in [0.717, 1.165) is 17.7 Å². The first-order valence-corrected chi connectivity index (χ1v) is 6.15. The van der Waals surface area contributed by atoms with Crippen LogP contribution in [0, 0.1) is 0 Å². The molecule has 0 spiro atoms. The van der Waals surface area contributed by atoms with Crippen LogP contribution in [0.4, 0.5) is 11.4 Å². The molecule has 0 aliphatic carbocycles. The monoisotopic (exact) mass is 254 g/mol. The van der Waals surface area contributed by atoms with Gasteiger partial charge in [0.2, 0.25) is 0 Å². The summed E-state index contributed by atoms with van der Waals surface area (Å²) >= 11 is 0. The number of anilines is 2. The van der Waals surface area contributed by atoms with Crippen LogP contribution in [0.25, 0.3) is 0 Å². The van der Waals surface area contributed by atoms with Gasteiger partial charge in [0.1, 0.15) is 5.75 Å². The summed E-state index contributed by atoms with van der Waals surface area (Å²) in [7, 11) is 0. The van der Waals surface area contributed by atoms with Crippen LogP contribution >= 0.6 is 0 Å². The average molecular weight is 254 g/mol. The van der Waals surface area contributed by atoms with Crippen molar-refractivity contribution in [1.82, 2.24) is 0 Å². The number of carbonyl (C=O) groups is 1. The lowest BCUT2D eigenvalue weighted by molar-refractivity contribution is 0.0990. The Morgan fingerprint density at radius 1 is 1.21 bits per heavy atom. The fourth-order valence-electron chi connectivity index (χ4n) is 2.42. The number of phenols is 1. The van der Waals surface area contributed by atoms with Gasteiger partial charge in [0.15, 0.2) is 0 Å². The van der Waals surface area contributed by atoms with Crippen molar-refractivity contribution in [2.75, 3.05) is 17.2 Å². The Balaban J connectivity index is 2.00. The van der Waals surface area contributed by atoms with Gasteiger partial charge < -0.3 is 15.7 Å². The maximum Gasteiger partial charge on any atom is 0.260 e. The Labute approximate surface area is 111 Å². The van der Waals surface area contributed by atoms with E-state index >= 15 is 0 Å². The SMILES string of the molecule is Nc1ccc(O)cc1C(=O)N1CCc2ccccc21. The van der Waals surface area contributed by atoms with Gasteiger partial charge in [-0.2, -0.15) is 0 Å². The summed E-state index contributed by atoms with van der Waals surface area (Å²) in [5.41, 5.74) is 8.63. The molecule has 0 bridgehead atoms. The van der Waals surface area contributed by atoms with Crippen LogP contribution in [0.2, 0.25) is 0 Å². The molecule has 0 atom stereocenters. The standard InChI is InChI=1S/C15H14N2O2/c16-13-6-5-11(18)9-12(13)15(19)17-8-7-10-3-1-2-4-14(10)17/h1-6,9,18H,7-8,16H2. The summed E-state index contributed by atoms with van der Waals surface area (Å²) in [6.07, 6.45) is 0.848. The van der Waals surface area contributed by atoms with Crippen LogP contribution < -0.4 is 10.6 Å². The number of fused-ring (bicyclic) bond motifs is 1. The minimum Gasteiger partial charge on any atom is -0.508 e. The van der Waals surface area contributed by atoms with Gasteiger partial charge >= 0.3 is 0 Å². The molecule has 4 heteroatoms. The topological polar surface area (TPSA) is 66.6 Å². The number of benzene rings is 2. The molecule has 3 N–H and O–H groups in total. The van der Waals surface area contributed by atoms with E-state index in [1.807, 2.05) is 24.3 Å². The lowest BCUT2D eigenvalue weighted by Gasteiger charge is -2.18. The van der Waals surface area contributed by atoms with Crippen molar-refractivity contribution >= 4 is 17.3 Å². The lowest BCUT2D eigenvalue weighted by Crippen LogP contribution is -2.29. The molecule has 2 aromatic carbocycles. The molecule has 4 nitrogen and oxygen atoms in total. The highest BCUT2D eigenvalue weighted by Crippen LogP contribution is 2.30. The number of nitrogens with zero attached hydrogens (tertiary/aromatic N) is 1. The van der Waals surface area contributed by atoms with E-state index in [2.05, 4.69) is 0 Å². The quantitative estimate of drug-likeness (QED) is 0.605. The summed E-state index contributed by atoms with van der Waals surface area (Å²) < 4.78 is 0. The zero-order chi connectivity index (χ0) is 13.4. The third-order valence-electron chi connectivity index (χ3n) is 3.40. The van der Waals surface area contributed by atoms with Gasteiger partial charge in [-0.1, -0.05) is 18.2 Å². The molecule has 3 rings (SSSR count). The zero-order valence-corrected chi connectivity index (χ0v) is 10.3. The van der Waals surface area contributed by atoms with E-state index < -0.39 is 0 Å². The van der Waals surface area contributed by atoms with E-state index in [0.29, 0.717) is 17.8 Å². The molecule has 0 saturated heterocycles. The molecule has 2 aromatic rings. The highest BCUT2D eigenvalue weighted by molar-refractivity contribution is 6.10. The van der Waals surface area contributed by atoms with E-state index in [1.165, 1.54) is 12.1 Å². The van der Waals surface area contributed by atoms with Crippen LogP contribution in [0.5, 0.6) is 5.75 Å². The summed E-state index contributed by atoms with van der Waals surface area (Å²) in [6, 6.07) is 12.3. The number of carbonyl (C=O) groups excluding carboxylic acids is 1. The number of phenolic OH excluding ortho intramolecular Hbond substituents is 1. The molecular formula is C15H14N2O2. The van der Waals surface area contributed by atoms with Crippen LogP contribution in [-0.4, -0.2) is 17.6 Å². The molecule has 1 amide bonds. The van der Waals surface area contributed by atoms with E-state index in [1.54, 1.807) is 11.0 Å². The van der Waals surface area contributed by atoms with Crippen molar-refractivity contribution in [2.45, 2.75) is 6.42 Å². The Morgan fingerprint density at radius 2 is 2.00 bits per heavy atom. The second-order valence-corrected chi connectivity index (χ2v) is 4.61. The first kappa shape index (κ1) is 11.6. The number of hydrogen-bond acceptors (Lipinski definition) is 3. The van der Waals surface area contributed by atoms with Crippen molar-refractivity contribution < 1.29 is 9.90 Å². The smallest absolute Gasteiger partial charge is 0.260 e. The normalized spacial score (nSPS) is 13.4. The number of aromatic hydroxyl groups is 1. The summed E-state index contributed by atoms with van der Waals surface area (Å²) in [5.74, 6) is -0.122. The molecule has 0 saturated carbocycles. The van der Waals surface area contributed by atoms with Gasteiger partial charge in [0.25, 0.3) is 5.91 Å². The molecule has 1 heterocycles. The van der Waals surface area contributed by atoms with Crippen molar-refractivity contribution in [3.05, 3.63) is 53.6 Å². The molecule has 0 fully saturated rings. The van der Waals surface area contributed by atoms with Crippen LogP contribution in [0.15, 0.2) is 42.5 Å². The molecular weight excluding hydrogens is 240 g/mol. The number of hydrogen-bond donors (Lipinski definition) is 2. The Hall–Kier alpha value is -2.49. The summed E-state index contributed by atoms with van der Waals surface area (Å²) in [6.45, 7) is 0.646. The maximum atomic E-state index is 12.5. The van der Waals surface area contributed by atoms with Crippen LogP contribution in [0.3, 0.4) is 0 Å². The van der Waals surface area contributed by atoms with Crippen molar-refractivity contribution in [3.63, 3.8) is 0 Å². The highest BCUT2D eigenvalue weighted by Gasteiger charge is 2.26. The van der Waals surface area contributed by atoms with E-state index in [9.17, 15) is 9.90 Å². The fourth-order valence-corrected chi connectivity index (χ4v) is 2.42. The third-order valence-corrected chi connectivity index (χ3v) is 3.40. The van der Waals surface area contributed by atoms with E-state index in [-0.39, 0.29) is 11.7 Å². The van der Waals surface area contributed by atoms with Crippen LogP contribution in [0.1, 0.15) is 15.9 Å². The van der Waals surface area contributed by atoms with Crippen molar-refractivity contribution in [2.24, 2.45) is 0 Å². The maximum absolute atomic E-state index is 12.5. The highest BCUT2D eigenvalue weighted by atomic mass is 16.3. The third kappa shape index (κ3) is 1.91. The number of nitrogen functional groups attached to an aromatic ring is 1. The van der Waals surface area contributed by atoms with Gasteiger partial charge in [-0.25, -0.2) is 0 Å². The number of rotatable bonds is 1. The largest absolute Gasteiger partial charge is 0.508 e. The Bertz CT molecular complexity index is 652. The number of para-hydroxylation sites is 1. The first-order valence-electron chi connectivity index (χ1n) is 6.15. The summed E-state index contributed by atoms with van der Waals surface area (Å²) in [5, 5.41) is 9.50. The van der Waals surface area contributed by atoms with Gasteiger partial charge in [0, 0.05) is 17.9 Å². The van der Waals surface area contributed by atoms with Gasteiger partial charge in [-0.3, -0.25) is 4.79 Å². The zero-order valence-electron chi connectivity index (χ0n) is 10.3. The Kier molecular flexibility index (Phi) is 2.63. The van der Waals surface area contributed by atoms with E-state index in [4.69, 9.17) is 5.73 Å². The molecule has 19 heavy (non-hydrogen) atoms. The average Bonchev–Trinajstić information content (AvgIpc) is 2.84. The van der Waals surface area contributed by atoms with Crippen molar-refractivity contribution in [3.8, 4) is 5.75 Å². The van der Waals surface area contributed by atoms with Crippen molar-refractivity contribution in [1.29, 1.82) is 0 Å². The molecule has 96 valence electrons. The van der Waals surface area contributed by atoms with Gasteiger partial charge in [-0.05, 0) is 36.2 Å². The van der Waals surface area contributed by atoms with Gasteiger partial charge in [0.05, 0.1) is 5.56 Å². The number of nitrogens with two attached hydrogens (primary N) is 1. The predicted octanol–water partition coefficient (Wildman–Crippen LogP) is 2.18. The minimum absolute atomic E-state index is 0.0463. The molecule has 1 aliphatic heterocycles. The van der Waals surface area contributed by atoms with Gasteiger partial charge in [-0.15, -0.1) is 0 Å². The second-order valence-electron chi connectivity index (χ2n) is 4.61. The second kappa shape index (κ2) is 4.31. The fraction of sp³-hybridized carbons (Fsp3) is 0.133. The number of amides is 1. The minimum atomic E-state index is -0.168.